The Hall–Kier alpha value is -3.87. The average molecular weight is 349 g/mol. The monoisotopic (exact) mass is 349 g/mol. The van der Waals surface area contributed by atoms with Gasteiger partial charge in [0.05, 0.1) is 0 Å². The van der Waals surface area contributed by atoms with Crippen molar-refractivity contribution >= 4 is 24.1 Å². The van der Waals surface area contributed by atoms with Crippen molar-refractivity contribution in [1.82, 2.24) is 4.98 Å². The molecule has 0 amide bonds. The van der Waals surface area contributed by atoms with Gasteiger partial charge in [-0.2, -0.15) is 0 Å². The molecule has 7 nitrogen and oxygen atoms in total. The Bertz CT molecular complexity index is 923. The molecule has 0 saturated carbocycles. The number of rotatable bonds is 4. The van der Waals surface area contributed by atoms with Gasteiger partial charge in [-0.05, 0) is 59.7 Å². The van der Waals surface area contributed by atoms with Crippen molar-refractivity contribution in [3.05, 3.63) is 65.7 Å². The van der Waals surface area contributed by atoms with Crippen LogP contribution in [0, 0.1) is 0 Å². The molecule has 4 N–H and O–H groups in total. The van der Waals surface area contributed by atoms with E-state index in [-0.39, 0.29) is 23.0 Å². The van der Waals surface area contributed by atoms with Crippen LogP contribution in [0.4, 0.5) is 11.6 Å². The highest BCUT2D eigenvalue weighted by Gasteiger charge is 2.00. The second-order valence-electron chi connectivity index (χ2n) is 5.37. The average Bonchev–Trinajstić information content (AvgIpc) is 2.64. The van der Waals surface area contributed by atoms with Crippen LogP contribution in [0.2, 0.25) is 0 Å². The second-order valence-corrected chi connectivity index (χ2v) is 5.37. The first-order chi connectivity index (χ1) is 12.5. The van der Waals surface area contributed by atoms with Crippen molar-refractivity contribution in [3.63, 3.8) is 0 Å². The van der Waals surface area contributed by atoms with Crippen molar-refractivity contribution in [2.45, 2.75) is 0 Å². The zero-order valence-electron chi connectivity index (χ0n) is 13.5. The Kier molecular flexibility index (Phi) is 4.80. The van der Waals surface area contributed by atoms with Gasteiger partial charge < -0.3 is 20.4 Å². The number of aromatic nitrogens is 1. The minimum atomic E-state index is -0.225. The first-order valence-corrected chi connectivity index (χ1v) is 7.60. The minimum Gasteiger partial charge on any atom is -0.504 e. The maximum absolute atomic E-state index is 9.48. The van der Waals surface area contributed by atoms with Crippen LogP contribution in [0.1, 0.15) is 11.1 Å². The van der Waals surface area contributed by atoms with Gasteiger partial charge in [0.1, 0.15) is 0 Å². The van der Waals surface area contributed by atoms with Crippen LogP contribution in [0.25, 0.3) is 0 Å². The number of benzene rings is 2. The molecule has 1 aromatic heterocycles. The molecule has 0 atom stereocenters. The number of phenolic OH excluding ortho intramolecular Hbond substituents is 4. The predicted molar refractivity (Wildman–Crippen MR) is 98.3 cm³/mol. The van der Waals surface area contributed by atoms with E-state index in [4.69, 9.17) is 0 Å². The number of hydrogen-bond acceptors (Lipinski definition) is 7. The number of nitrogens with zero attached hydrogens (tertiary/aromatic N) is 3. The third kappa shape index (κ3) is 4.15. The third-order valence-corrected chi connectivity index (χ3v) is 3.41. The van der Waals surface area contributed by atoms with Crippen LogP contribution in [0.3, 0.4) is 0 Å². The summed E-state index contributed by atoms with van der Waals surface area (Å²) in [6.45, 7) is 0. The van der Waals surface area contributed by atoms with Crippen LogP contribution < -0.4 is 0 Å². The van der Waals surface area contributed by atoms with Crippen molar-refractivity contribution in [2.24, 2.45) is 9.98 Å². The number of phenols is 4. The summed E-state index contributed by atoms with van der Waals surface area (Å²) in [5, 5.41) is 37.5. The van der Waals surface area contributed by atoms with E-state index in [1.807, 2.05) is 0 Å². The molecule has 0 bridgehead atoms. The van der Waals surface area contributed by atoms with E-state index in [1.165, 1.54) is 36.7 Å². The molecule has 0 aliphatic carbocycles. The molecular formula is C19H15N3O4. The Morgan fingerprint density at radius 1 is 0.615 bits per heavy atom. The van der Waals surface area contributed by atoms with Gasteiger partial charge in [-0.3, -0.25) is 0 Å². The molecular weight excluding hydrogens is 334 g/mol. The summed E-state index contributed by atoms with van der Waals surface area (Å²) in [5.41, 5.74) is 1.21. The van der Waals surface area contributed by atoms with Gasteiger partial charge in [-0.25, -0.2) is 15.0 Å². The molecule has 2 aromatic carbocycles. The van der Waals surface area contributed by atoms with Gasteiger partial charge in [0.25, 0.3) is 0 Å². The summed E-state index contributed by atoms with van der Waals surface area (Å²) in [7, 11) is 0. The highest BCUT2D eigenvalue weighted by molar-refractivity contribution is 5.83. The smallest absolute Gasteiger partial charge is 0.158 e. The molecule has 1 heterocycles. The lowest BCUT2D eigenvalue weighted by Crippen LogP contribution is -1.83. The van der Waals surface area contributed by atoms with Crippen LogP contribution in [0.5, 0.6) is 23.0 Å². The molecule has 0 aliphatic rings. The van der Waals surface area contributed by atoms with Crippen LogP contribution in [-0.2, 0) is 0 Å². The molecule has 3 rings (SSSR count). The molecule has 0 fully saturated rings. The van der Waals surface area contributed by atoms with E-state index in [2.05, 4.69) is 15.0 Å². The fourth-order valence-corrected chi connectivity index (χ4v) is 2.08. The lowest BCUT2D eigenvalue weighted by atomic mass is 10.2. The third-order valence-electron chi connectivity index (χ3n) is 3.41. The van der Waals surface area contributed by atoms with Crippen LogP contribution in [-0.4, -0.2) is 37.8 Å². The molecule has 0 radical (unpaired) electrons. The zero-order chi connectivity index (χ0) is 18.5. The van der Waals surface area contributed by atoms with Crippen molar-refractivity contribution in [1.29, 1.82) is 0 Å². The van der Waals surface area contributed by atoms with Gasteiger partial charge in [0.15, 0.2) is 34.6 Å². The van der Waals surface area contributed by atoms with Gasteiger partial charge >= 0.3 is 0 Å². The first-order valence-electron chi connectivity index (χ1n) is 7.60. The molecule has 0 saturated heterocycles. The summed E-state index contributed by atoms with van der Waals surface area (Å²) in [5.74, 6) is -0.00916. The molecule has 7 heteroatoms. The Morgan fingerprint density at radius 3 is 1.50 bits per heavy atom. The number of pyridine rings is 1. The SMILES string of the molecule is Oc1ccc(C=Nc2cccc(/N=C/c3ccc(O)c(O)c3)n2)cc1O. The lowest BCUT2D eigenvalue weighted by Gasteiger charge is -1.99. The van der Waals surface area contributed by atoms with Crippen molar-refractivity contribution < 1.29 is 20.4 Å². The van der Waals surface area contributed by atoms with Gasteiger partial charge in [0.2, 0.25) is 0 Å². The predicted octanol–water partition coefficient (Wildman–Crippen LogP) is 3.41. The topological polar surface area (TPSA) is 119 Å². The highest BCUT2D eigenvalue weighted by atomic mass is 16.3. The quantitative estimate of drug-likeness (QED) is 0.425. The van der Waals surface area contributed by atoms with Gasteiger partial charge in [-0.15, -0.1) is 0 Å². The van der Waals surface area contributed by atoms with E-state index in [0.29, 0.717) is 22.8 Å². The van der Waals surface area contributed by atoms with E-state index in [1.54, 1.807) is 30.3 Å². The molecule has 0 aliphatic heterocycles. The summed E-state index contributed by atoms with van der Waals surface area (Å²) < 4.78 is 0. The first kappa shape index (κ1) is 17.0. The molecule has 0 unspecified atom stereocenters. The highest BCUT2D eigenvalue weighted by Crippen LogP contribution is 2.25. The lowest BCUT2D eigenvalue weighted by molar-refractivity contribution is 0.403. The maximum Gasteiger partial charge on any atom is 0.158 e. The van der Waals surface area contributed by atoms with E-state index in [0.717, 1.165) is 0 Å². The number of aromatic hydroxyl groups is 4. The number of aliphatic imine (C=N–C) groups is 2. The normalized spacial score (nSPS) is 11.4. The van der Waals surface area contributed by atoms with Crippen molar-refractivity contribution in [2.75, 3.05) is 0 Å². The standard InChI is InChI=1S/C19H15N3O4/c23-14-6-4-12(8-16(14)25)10-20-18-2-1-3-19(22-18)21-11-13-5-7-15(24)17(26)9-13/h1-11,23-26H/b20-10+,21-11?. The summed E-state index contributed by atoms with van der Waals surface area (Å²) in [6, 6.07) is 13.9. The molecule has 3 aromatic rings. The summed E-state index contributed by atoms with van der Waals surface area (Å²) in [6.07, 6.45) is 3.01. The fraction of sp³-hybridized carbons (Fsp3) is 0. The summed E-state index contributed by atoms with van der Waals surface area (Å²) in [4.78, 5) is 12.7. The minimum absolute atomic E-state index is 0.197. The van der Waals surface area contributed by atoms with E-state index >= 15 is 0 Å². The van der Waals surface area contributed by atoms with Crippen LogP contribution in [0.15, 0.2) is 64.6 Å². The Labute approximate surface area is 148 Å². The largest absolute Gasteiger partial charge is 0.504 e. The second kappa shape index (κ2) is 7.35. The molecule has 130 valence electrons. The van der Waals surface area contributed by atoms with Gasteiger partial charge in [0, 0.05) is 12.4 Å². The zero-order valence-corrected chi connectivity index (χ0v) is 13.5. The Morgan fingerprint density at radius 2 is 1.08 bits per heavy atom. The maximum atomic E-state index is 9.48. The van der Waals surface area contributed by atoms with E-state index < -0.39 is 0 Å². The fourth-order valence-electron chi connectivity index (χ4n) is 2.08. The number of hydrogen-bond donors (Lipinski definition) is 4. The van der Waals surface area contributed by atoms with Crippen LogP contribution >= 0.6 is 0 Å². The van der Waals surface area contributed by atoms with E-state index in [9.17, 15) is 20.4 Å². The Balaban J connectivity index is 1.77. The summed E-state index contributed by atoms with van der Waals surface area (Å²) >= 11 is 0. The van der Waals surface area contributed by atoms with Gasteiger partial charge in [-0.1, -0.05) is 6.07 Å². The molecule has 26 heavy (non-hydrogen) atoms. The molecule has 0 spiro atoms. The van der Waals surface area contributed by atoms with Crippen molar-refractivity contribution in [3.8, 4) is 23.0 Å².